The zero-order valence-electron chi connectivity index (χ0n) is 11.6. The van der Waals surface area contributed by atoms with E-state index in [4.69, 9.17) is 0 Å². The molecule has 0 radical (unpaired) electrons. The summed E-state index contributed by atoms with van der Waals surface area (Å²) >= 11 is 0. The fraction of sp³-hybridized carbons (Fsp3) is 0.533. The van der Waals surface area contributed by atoms with Gasteiger partial charge < -0.3 is 10.2 Å². The van der Waals surface area contributed by atoms with E-state index in [0.29, 0.717) is 11.1 Å². The summed E-state index contributed by atoms with van der Waals surface area (Å²) in [7, 11) is 1.89. The third kappa shape index (κ3) is 3.13. The maximum Gasteiger partial charge on any atom is 0.254 e. The Balaban J connectivity index is 2.18. The minimum absolute atomic E-state index is 0.0566. The molecule has 1 aliphatic rings. The molecule has 1 aliphatic heterocycles. The molecule has 0 aliphatic carbocycles. The summed E-state index contributed by atoms with van der Waals surface area (Å²) < 4.78 is 13.6. The van der Waals surface area contributed by atoms with Crippen molar-refractivity contribution in [3.05, 3.63) is 35.1 Å². The summed E-state index contributed by atoms with van der Waals surface area (Å²) in [5.41, 5.74) is 1.02. The van der Waals surface area contributed by atoms with Crippen LogP contribution >= 0.6 is 0 Å². The normalized spacial score (nSPS) is 19.5. The van der Waals surface area contributed by atoms with Gasteiger partial charge in [-0.3, -0.25) is 4.79 Å². The Hall–Kier alpha value is -1.42. The maximum absolute atomic E-state index is 13.6. The number of amides is 1. The number of rotatable bonds is 3. The molecule has 0 aromatic heterocycles. The molecule has 1 saturated heterocycles. The molecule has 1 aromatic rings. The summed E-state index contributed by atoms with van der Waals surface area (Å²) in [5.74, 6) is -0.369. The fourth-order valence-corrected chi connectivity index (χ4v) is 2.61. The Morgan fingerprint density at radius 1 is 1.47 bits per heavy atom. The van der Waals surface area contributed by atoms with Crippen LogP contribution in [0, 0.1) is 12.7 Å². The molecule has 1 aromatic carbocycles. The van der Waals surface area contributed by atoms with Gasteiger partial charge in [0, 0.05) is 24.7 Å². The maximum atomic E-state index is 13.6. The number of halogens is 1. The van der Waals surface area contributed by atoms with E-state index in [-0.39, 0.29) is 17.8 Å². The van der Waals surface area contributed by atoms with Gasteiger partial charge in [0.2, 0.25) is 0 Å². The summed E-state index contributed by atoms with van der Waals surface area (Å²) in [6.07, 6.45) is 3.19. The smallest absolute Gasteiger partial charge is 0.254 e. The topological polar surface area (TPSA) is 32.3 Å². The standard InChI is InChI=1S/C15H21FN2O/c1-11-6-7-12(9-14(11)16)15(19)18-8-4-3-5-13(18)10-17-2/h6-7,9,13,17H,3-5,8,10H2,1-2H3. The Kier molecular flexibility index (Phi) is 4.53. The fourth-order valence-electron chi connectivity index (χ4n) is 2.61. The predicted molar refractivity (Wildman–Crippen MR) is 73.7 cm³/mol. The van der Waals surface area contributed by atoms with Crippen molar-refractivity contribution in [2.75, 3.05) is 20.1 Å². The lowest BCUT2D eigenvalue weighted by Gasteiger charge is -2.35. The van der Waals surface area contributed by atoms with Gasteiger partial charge in [-0.2, -0.15) is 0 Å². The highest BCUT2D eigenvalue weighted by Crippen LogP contribution is 2.20. The van der Waals surface area contributed by atoms with E-state index < -0.39 is 0 Å². The number of carbonyl (C=O) groups excluding carboxylic acids is 1. The highest BCUT2D eigenvalue weighted by molar-refractivity contribution is 5.94. The molecule has 0 spiro atoms. The monoisotopic (exact) mass is 264 g/mol. The van der Waals surface area contributed by atoms with Crippen molar-refractivity contribution in [1.29, 1.82) is 0 Å². The molecular formula is C15H21FN2O. The van der Waals surface area contributed by atoms with Gasteiger partial charge in [0.15, 0.2) is 0 Å². The molecule has 1 unspecified atom stereocenters. The molecule has 4 heteroatoms. The largest absolute Gasteiger partial charge is 0.334 e. The van der Waals surface area contributed by atoms with Crippen LogP contribution < -0.4 is 5.32 Å². The van der Waals surface area contributed by atoms with Crippen LogP contribution in [-0.4, -0.2) is 37.0 Å². The Labute approximate surface area is 113 Å². The van der Waals surface area contributed by atoms with Crippen molar-refractivity contribution in [1.82, 2.24) is 10.2 Å². The number of aryl methyl sites for hydroxylation is 1. The van der Waals surface area contributed by atoms with E-state index in [2.05, 4.69) is 5.32 Å². The van der Waals surface area contributed by atoms with Crippen LogP contribution in [0.2, 0.25) is 0 Å². The molecule has 19 heavy (non-hydrogen) atoms. The summed E-state index contributed by atoms with van der Waals surface area (Å²) in [5, 5.41) is 3.13. The number of hydrogen-bond donors (Lipinski definition) is 1. The first-order chi connectivity index (χ1) is 9.13. The van der Waals surface area contributed by atoms with Gasteiger partial charge in [-0.15, -0.1) is 0 Å². The molecule has 1 N–H and O–H groups in total. The SMILES string of the molecule is CNCC1CCCCN1C(=O)c1ccc(C)c(F)c1. The second-order valence-corrected chi connectivity index (χ2v) is 5.17. The Bertz CT molecular complexity index is 459. The van der Waals surface area contributed by atoms with Crippen LogP contribution in [0.5, 0.6) is 0 Å². The van der Waals surface area contributed by atoms with Gasteiger partial charge in [0.05, 0.1) is 0 Å². The number of hydrogen-bond acceptors (Lipinski definition) is 2. The first kappa shape index (κ1) is 14.0. The first-order valence-corrected chi connectivity index (χ1v) is 6.85. The highest BCUT2D eigenvalue weighted by atomic mass is 19.1. The molecule has 1 fully saturated rings. The number of benzene rings is 1. The molecular weight excluding hydrogens is 243 g/mol. The summed E-state index contributed by atoms with van der Waals surface area (Å²) in [6, 6.07) is 4.95. The predicted octanol–water partition coefficient (Wildman–Crippen LogP) is 2.35. The van der Waals surface area contributed by atoms with Gasteiger partial charge in [0.1, 0.15) is 5.82 Å². The first-order valence-electron chi connectivity index (χ1n) is 6.85. The van der Waals surface area contributed by atoms with Crippen molar-refractivity contribution in [2.45, 2.75) is 32.2 Å². The molecule has 1 atom stereocenters. The molecule has 0 saturated carbocycles. The summed E-state index contributed by atoms with van der Waals surface area (Å²) in [6.45, 7) is 3.26. The average Bonchev–Trinajstić information content (AvgIpc) is 2.42. The van der Waals surface area contributed by atoms with Gasteiger partial charge in [-0.05, 0) is 50.9 Å². The zero-order chi connectivity index (χ0) is 13.8. The van der Waals surface area contributed by atoms with Crippen molar-refractivity contribution in [3.8, 4) is 0 Å². The molecule has 2 rings (SSSR count). The van der Waals surface area contributed by atoms with Crippen LogP contribution in [0.4, 0.5) is 4.39 Å². The Morgan fingerprint density at radius 2 is 2.26 bits per heavy atom. The van der Waals surface area contributed by atoms with E-state index in [0.717, 1.165) is 32.4 Å². The van der Waals surface area contributed by atoms with E-state index in [1.165, 1.54) is 6.07 Å². The van der Waals surface area contributed by atoms with Crippen LogP contribution in [0.3, 0.4) is 0 Å². The zero-order valence-corrected chi connectivity index (χ0v) is 11.6. The van der Waals surface area contributed by atoms with E-state index >= 15 is 0 Å². The lowest BCUT2D eigenvalue weighted by atomic mass is 10.0. The van der Waals surface area contributed by atoms with Crippen LogP contribution in [0.15, 0.2) is 18.2 Å². The average molecular weight is 264 g/mol. The Morgan fingerprint density at radius 3 is 2.95 bits per heavy atom. The van der Waals surface area contributed by atoms with Gasteiger partial charge in [0.25, 0.3) is 5.91 Å². The van der Waals surface area contributed by atoms with E-state index in [9.17, 15) is 9.18 Å². The number of nitrogens with one attached hydrogen (secondary N) is 1. The minimum atomic E-state index is -0.312. The number of likely N-dealkylation sites (tertiary alicyclic amines) is 1. The highest BCUT2D eigenvalue weighted by Gasteiger charge is 2.27. The lowest BCUT2D eigenvalue weighted by Crippen LogP contribution is -2.48. The van der Waals surface area contributed by atoms with Gasteiger partial charge in [-0.25, -0.2) is 4.39 Å². The third-order valence-corrected chi connectivity index (χ3v) is 3.75. The summed E-state index contributed by atoms with van der Waals surface area (Å²) in [4.78, 5) is 14.4. The van der Waals surface area contributed by atoms with Crippen LogP contribution in [0.1, 0.15) is 35.2 Å². The van der Waals surface area contributed by atoms with E-state index in [1.807, 2.05) is 11.9 Å². The van der Waals surface area contributed by atoms with Crippen LogP contribution in [0.25, 0.3) is 0 Å². The number of nitrogens with zero attached hydrogens (tertiary/aromatic N) is 1. The lowest BCUT2D eigenvalue weighted by molar-refractivity contribution is 0.0614. The van der Waals surface area contributed by atoms with Gasteiger partial charge >= 0.3 is 0 Å². The number of likely N-dealkylation sites (N-methyl/N-ethyl adjacent to an activating group) is 1. The second kappa shape index (κ2) is 6.15. The van der Waals surface area contributed by atoms with Crippen molar-refractivity contribution in [3.63, 3.8) is 0 Å². The van der Waals surface area contributed by atoms with Crippen LogP contribution in [-0.2, 0) is 0 Å². The molecule has 104 valence electrons. The van der Waals surface area contributed by atoms with Crippen molar-refractivity contribution >= 4 is 5.91 Å². The second-order valence-electron chi connectivity index (χ2n) is 5.17. The molecule has 0 bridgehead atoms. The number of carbonyl (C=O) groups is 1. The van der Waals surface area contributed by atoms with Gasteiger partial charge in [-0.1, -0.05) is 6.07 Å². The molecule has 3 nitrogen and oxygen atoms in total. The third-order valence-electron chi connectivity index (χ3n) is 3.75. The van der Waals surface area contributed by atoms with Crippen molar-refractivity contribution < 1.29 is 9.18 Å². The molecule has 1 heterocycles. The van der Waals surface area contributed by atoms with E-state index in [1.54, 1.807) is 19.1 Å². The number of piperidine rings is 1. The minimum Gasteiger partial charge on any atom is -0.334 e. The molecule has 1 amide bonds. The van der Waals surface area contributed by atoms with Crippen molar-refractivity contribution in [2.24, 2.45) is 0 Å². The quantitative estimate of drug-likeness (QED) is 0.909.